The van der Waals surface area contributed by atoms with Gasteiger partial charge < -0.3 is 9.88 Å². The average molecular weight is 226 g/mol. The second kappa shape index (κ2) is 3.97. The lowest BCUT2D eigenvalue weighted by molar-refractivity contribution is 0.842. The Morgan fingerprint density at radius 1 is 1.35 bits per heavy atom. The zero-order valence-electron chi connectivity index (χ0n) is 9.64. The van der Waals surface area contributed by atoms with Crippen molar-refractivity contribution in [2.45, 2.75) is 6.54 Å². The largest absolute Gasteiger partial charge is 0.379 e. The summed E-state index contributed by atoms with van der Waals surface area (Å²) in [4.78, 5) is 0. The Morgan fingerprint density at radius 3 is 3.12 bits per heavy atom. The second-order valence-corrected chi connectivity index (χ2v) is 4.14. The standard InChI is InChI=1S/C13H14N4/c1-17-6-2-3-12(17)9-14-11-4-5-13-10(7-11)8-15-16-13/h2-8,14H,9H2,1H3,(H,15,16). The molecule has 3 aromatic rings. The molecule has 4 nitrogen and oxygen atoms in total. The Balaban J connectivity index is 1.78. The first-order valence-corrected chi connectivity index (χ1v) is 5.60. The molecule has 2 N–H and O–H groups in total. The number of hydrogen-bond acceptors (Lipinski definition) is 2. The van der Waals surface area contributed by atoms with E-state index < -0.39 is 0 Å². The lowest BCUT2D eigenvalue weighted by Gasteiger charge is -2.07. The summed E-state index contributed by atoms with van der Waals surface area (Å²) in [5.74, 6) is 0. The van der Waals surface area contributed by atoms with Crippen molar-refractivity contribution in [3.8, 4) is 0 Å². The molecule has 0 saturated heterocycles. The molecular formula is C13H14N4. The van der Waals surface area contributed by atoms with Gasteiger partial charge in [0.15, 0.2) is 0 Å². The topological polar surface area (TPSA) is 45.6 Å². The average Bonchev–Trinajstić information content (AvgIpc) is 2.94. The third kappa shape index (κ3) is 1.89. The summed E-state index contributed by atoms with van der Waals surface area (Å²) in [6.45, 7) is 0.826. The summed E-state index contributed by atoms with van der Waals surface area (Å²) in [5.41, 5.74) is 3.44. The van der Waals surface area contributed by atoms with Crippen molar-refractivity contribution < 1.29 is 0 Å². The van der Waals surface area contributed by atoms with Gasteiger partial charge in [0.05, 0.1) is 18.3 Å². The molecule has 0 radical (unpaired) electrons. The molecule has 4 heteroatoms. The number of nitrogens with one attached hydrogen (secondary N) is 2. The van der Waals surface area contributed by atoms with Gasteiger partial charge in [0, 0.05) is 30.0 Å². The zero-order valence-corrected chi connectivity index (χ0v) is 9.64. The first kappa shape index (κ1) is 9.96. The molecule has 0 amide bonds. The van der Waals surface area contributed by atoms with Gasteiger partial charge in [-0.15, -0.1) is 0 Å². The van der Waals surface area contributed by atoms with Crippen LogP contribution < -0.4 is 5.32 Å². The summed E-state index contributed by atoms with van der Waals surface area (Å²) in [6, 6.07) is 10.4. The number of fused-ring (bicyclic) bond motifs is 1. The number of hydrogen-bond donors (Lipinski definition) is 2. The van der Waals surface area contributed by atoms with Crippen LogP contribution in [0.1, 0.15) is 5.69 Å². The first-order chi connectivity index (χ1) is 8.33. The number of aryl methyl sites for hydroxylation is 1. The molecule has 0 aliphatic heterocycles. The van der Waals surface area contributed by atoms with E-state index in [0.29, 0.717) is 0 Å². The van der Waals surface area contributed by atoms with Crippen molar-refractivity contribution in [1.29, 1.82) is 0 Å². The summed E-state index contributed by atoms with van der Waals surface area (Å²) in [6.07, 6.45) is 3.89. The predicted molar refractivity (Wildman–Crippen MR) is 68.8 cm³/mol. The van der Waals surface area contributed by atoms with Crippen LogP contribution in [0.3, 0.4) is 0 Å². The first-order valence-electron chi connectivity index (χ1n) is 5.60. The van der Waals surface area contributed by atoms with Gasteiger partial charge in [-0.3, -0.25) is 5.10 Å². The fourth-order valence-electron chi connectivity index (χ4n) is 1.93. The molecule has 1 aromatic carbocycles. The van der Waals surface area contributed by atoms with E-state index in [-0.39, 0.29) is 0 Å². The van der Waals surface area contributed by atoms with Crippen molar-refractivity contribution in [3.63, 3.8) is 0 Å². The van der Waals surface area contributed by atoms with E-state index in [1.54, 1.807) is 0 Å². The van der Waals surface area contributed by atoms with Gasteiger partial charge in [-0.05, 0) is 30.3 Å². The number of benzene rings is 1. The van der Waals surface area contributed by atoms with Crippen LogP contribution in [-0.2, 0) is 13.6 Å². The van der Waals surface area contributed by atoms with Gasteiger partial charge in [0.25, 0.3) is 0 Å². The summed E-state index contributed by atoms with van der Waals surface area (Å²) in [7, 11) is 2.05. The second-order valence-electron chi connectivity index (χ2n) is 4.14. The molecule has 17 heavy (non-hydrogen) atoms. The molecule has 2 aromatic heterocycles. The van der Waals surface area contributed by atoms with Crippen molar-refractivity contribution in [2.24, 2.45) is 7.05 Å². The third-order valence-corrected chi connectivity index (χ3v) is 2.97. The molecule has 0 aliphatic rings. The molecule has 86 valence electrons. The van der Waals surface area contributed by atoms with Gasteiger partial charge in [0.2, 0.25) is 0 Å². The molecule has 0 saturated carbocycles. The van der Waals surface area contributed by atoms with Crippen molar-refractivity contribution in [3.05, 3.63) is 48.4 Å². The van der Waals surface area contributed by atoms with E-state index in [2.05, 4.69) is 57.6 Å². The molecule has 3 rings (SSSR count). The lowest BCUT2D eigenvalue weighted by atomic mass is 10.2. The van der Waals surface area contributed by atoms with Gasteiger partial charge in [-0.2, -0.15) is 5.10 Å². The lowest BCUT2D eigenvalue weighted by Crippen LogP contribution is -2.03. The Morgan fingerprint density at radius 2 is 2.29 bits per heavy atom. The Hall–Kier alpha value is -2.23. The van der Waals surface area contributed by atoms with E-state index in [0.717, 1.165) is 23.1 Å². The number of anilines is 1. The highest BCUT2D eigenvalue weighted by atomic mass is 15.1. The maximum Gasteiger partial charge on any atom is 0.0651 e. The smallest absolute Gasteiger partial charge is 0.0651 e. The van der Waals surface area contributed by atoms with Gasteiger partial charge in [-0.1, -0.05) is 0 Å². The van der Waals surface area contributed by atoms with Crippen LogP contribution in [0.25, 0.3) is 10.9 Å². The van der Waals surface area contributed by atoms with Crippen LogP contribution in [-0.4, -0.2) is 14.8 Å². The van der Waals surface area contributed by atoms with Crippen LogP contribution >= 0.6 is 0 Å². The number of nitrogens with zero attached hydrogens (tertiary/aromatic N) is 2. The van der Waals surface area contributed by atoms with Crippen LogP contribution in [0.5, 0.6) is 0 Å². The predicted octanol–water partition coefficient (Wildman–Crippen LogP) is 2.51. The summed E-state index contributed by atoms with van der Waals surface area (Å²) < 4.78 is 2.11. The minimum atomic E-state index is 0.826. The maximum absolute atomic E-state index is 4.01. The Labute approximate surface area is 99.3 Å². The summed E-state index contributed by atoms with van der Waals surface area (Å²) >= 11 is 0. The molecule has 0 aliphatic carbocycles. The number of rotatable bonds is 3. The van der Waals surface area contributed by atoms with Crippen LogP contribution in [0.15, 0.2) is 42.7 Å². The van der Waals surface area contributed by atoms with E-state index in [1.807, 2.05) is 12.3 Å². The highest BCUT2D eigenvalue weighted by molar-refractivity contribution is 5.81. The maximum atomic E-state index is 4.01. The van der Waals surface area contributed by atoms with Crippen LogP contribution in [0.2, 0.25) is 0 Å². The van der Waals surface area contributed by atoms with Gasteiger partial charge in [0.1, 0.15) is 0 Å². The number of aromatic amines is 1. The molecule has 2 heterocycles. The molecule has 0 unspecified atom stereocenters. The third-order valence-electron chi connectivity index (χ3n) is 2.97. The zero-order chi connectivity index (χ0) is 11.7. The SMILES string of the molecule is Cn1cccc1CNc1ccc2[nH]ncc2c1. The van der Waals surface area contributed by atoms with Gasteiger partial charge in [-0.25, -0.2) is 0 Å². The molecule has 0 spiro atoms. The van der Waals surface area contributed by atoms with E-state index in [9.17, 15) is 0 Å². The Bertz CT molecular complexity index is 635. The van der Waals surface area contributed by atoms with Crippen LogP contribution in [0.4, 0.5) is 5.69 Å². The van der Waals surface area contributed by atoms with Crippen molar-refractivity contribution in [1.82, 2.24) is 14.8 Å². The fraction of sp³-hybridized carbons (Fsp3) is 0.154. The normalized spacial score (nSPS) is 10.9. The highest BCUT2D eigenvalue weighted by Crippen LogP contribution is 2.17. The van der Waals surface area contributed by atoms with Crippen molar-refractivity contribution >= 4 is 16.6 Å². The minimum Gasteiger partial charge on any atom is -0.379 e. The van der Waals surface area contributed by atoms with Crippen LogP contribution in [0, 0.1) is 0 Å². The quantitative estimate of drug-likeness (QED) is 0.720. The highest BCUT2D eigenvalue weighted by Gasteiger charge is 1.99. The monoisotopic (exact) mass is 226 g/mol. The number of aromatic nitrogens is 3. The molecule has 0 bridgehead atoms. The fourth-order valence-corrected chi connectivity index (χ4v) is 1.93. The van der Waals surface area contributed by atoms with E-state index in [1.165, 1.54) is 5.69 Å². The molecule has 0 fully saturated rings. The van der Waals surface area contributed by atoms with Crippen molar-refractivity contribution in [2.75, 3.05) is 5.32 Å². The van der Waals surface area contributed by atoms with Gasteiger partial charge >= 0.3 is 0 Å². The minimum absolute atomic E-state index is 0.826. The number of H-pyrrole nitrogens is 1. The van der Waals surface area contributed by atoms with E-state index in [4.69, 9.17) is 0 Å². The Kier molecular flexibility index (Phi) is 2.33. The van der Waals surface area contributed by atoms with E-state index >= 15 is 0 Å². The summed E-state index contributed by atoms with van der Waals surface area (Å²) in [5, 5.41) is 11.5. The molecule has 0 atom stereocenters. The molecular weight excluding hydrogens is 212 g/mol.